The monoisotopic (exact) mass is 287 g/mol. The van der Waals surface area contributed by atoms with E-state index in [1.807, 2.05) is 0 Å². The molecule has 2 fully saturated rings. The Labute approximate surface area is 122 Å². The molecule has 0 amide bonds. The first-order valence-electron chi connectivity index (χ1n) is 7.01. The highest BCUT2D eigenvalue weighted by atomic mass is 16.5. The summed E-state index contributed by atoms with van der Waals surface area (Å²) in [5.41, 5.74) is 2.56. The summed E-state index contributed by atoms with van der Waals surface area (Å²) in [5, 5.41) is 3.35. The van der Waals surface area contributed by atoms with Gasteiger partial charge in [0.2, 0.25) is 5.75 Å². The Morgan fingerprint density at radius 3 is 2.57 bits per heavy atom. The normalized spacial score (nSPS) is 27.9. The van der Waals surface area contributed by atoms with Crippen molar-refractivity contribution in [2.45, 2.75) is 11.8 Å². The fraction of sp³-hybridized carbons (Fsp3) is 0.438. The molecule has 1 N–H and O–H groups in total. The fourth-order valence-corrected chi connectivity index (χ4v) is 3.92. The Hall–Kier alpha value is -2.17. The summed E-state index contributed by atoms with van der Waals surface area (Å²) < 4.78 is 16.4. The molecule has 1 heterocycles. The third kappa shape index (κ3) is 1.34. The lowest BCUT2D eigenvalue weighted by Gasteiger charge is -2.27. The Morgan fingerprint density at radius 1 is 1.19 bits per heavy atom. The fourth-order valence-electron chi connectivity index (χ4n) is 3.92. The summed E-state index contributed by atoms with van der Waals surface area (Å²) >= 11 is 0. The third-order valence-corrected chi connectivity index (χ3v) is 4.94. The minimum atomic E-state index is -0.0891. The van der Waals surface area contributed by atoms with Gasteiger partial charge in [-0.1, -0.05) is 0 Å². The van der Waals surface area contributed by atoms with Crippen molar-refractivity contribution < 1.29 is 19.0 Å². The van der Waals surface area contributed by atoms with Gasteiger partial charge < -0.3 is 19.5 Å². The molecular weight excluding hydrogens is 270 g/mol. The number of benzene rings is 1. The largest absolute Gasteiger partial charge is 0.493 e. The number of carbonyl (C=O) groups excluding carboxylic acids is 1. The number of ether oxygens (including phenoxy) is 3. The van der Waals surface area contributed by atoms with E-state index in [-0.39, 0.29) is 11.2 Å². The number of allylic oxidation sites excluding steroid dienone is 2. The zero-order valence-corrected chi connectivity index (χ0v) is 12.3. The first kappa shape index (κ1) is 12.6. The molecular formula is C16H17NO4. The lowest BCUT2D eigenvalue weighted by Crippen LogP contribution is -2.26. The molecule has 1 saturated heterocycles. The van der Waals surface area contributed by atoms with E-state index in [1.165, 1.54) is 0 Å². The number of methoxy groups -OCH3 is 3. The number of piperidine rings is 1. The maximum Gasteiger partial charge on any atom is 0.203 e. The van der Waals surface area contributed by atoms with Crippen LogP contribution < -0.4 is 19.5 Å². The van der Waals surface area contributed by atoms with E-state index < -0.39 is 0 Å². The quantitative estimate of drug-likeness (QED) is 0.916. The second-order valence-electron chi connectivity index (χ2n) is 5.74. The Kier molecular flexibility index (Phi) is 2.35. The number of carbonyl (C=O) groups is 1. The van der Waals surface area contributed by atoms with Crippen molar-refractivity contribution in [3.8, 4) is 17.2 Å². The van der Waals surface area contributed by atoms with Gasteiger partial charge >= 0.3 is 0 Å². The summed E-state index contributed by atoms with van der Waals surface area (Å²) in [6, 6.07) is 1.77. The molecule has 110 valence electrons. The van der Waals surface area contributed by atoms with Gasteiger partial charge in [0.25, 0.3) is 0 Å². The number of nitrogens with one attached hydrogen (secondary N) is 1. The van der Waals surface area contributed by atoms with Crippen molar-refractivity contribution in [2.24, 2.45) is 5.92 Å². The number of ketones is 1. The van der Waals surface area contributed by atoms with Crippen LogP contribution in [0.3, 0.4) is 0 Å². The van der Waals surface area contributed by atoms with E-state index in [4.69, 9.17) is 14.2 Å². The number of fused-ring (bicyclic) bond motifs is 1. The predicted molar refractivity (Wildman–Crippen MR) is 76.3 cm³/mol. The molecule has 0 bridgehead atoms. The molecule has 2 atom stereocenters. The van der Waals surface area contributed by atoms with Gasteiger partial charge in [0, 0.05) is 34.9 Å². The Bertz CT molecular complexity index is 694. The molecule has 1 saturated carbocycles. The Balaban J connectivity index is 2.05. The van der Waals surface area contributed by atoms with Crippen LogP contribution in [0.2, 0.25) is 0 Å². The van der Waals surface area contributed by atoms with Crippen LogP contribution >= 0.6 is 0 Å². The number of hydrogen-bond donors (Lipinski definition) is 1. The number of hydrogen-bond acceptors (Lipinski definition) is 5. The second-order valence-corrected chi connectivity index (χ2v) is 5.74. The first-order chi connectivity index (χ1) is 10.2. The highest BCUT2D eigenvalue weighted by Crippen LogP contribution is 2.67. The maximum absolute atomic E-state index is 12.5. The highest BCUT2D eigenvalue weighted by molar-refractivity contribution is 6.10. The SMILES string of the molecule is COc1cc2c(c(OC)c1OC)C13CC1CNC3=CC2=O. The lowest BCUT2D eigenvalue weighted by atomic mass is 9.80. The van der Waals surface area contributed by atoms with Crippen LogP contribution in [0.1, 0.15) is 22.3 Å². The molecule has 1 spiro atoms. The molecule has 5 nitrogen and oxygen atoms in total. The molecule has 0 radical (unpaired) electrons. The summed E-state index contributed by atoms with van der Waals surface area (Å²) in [4.78, 5) is 12.5. The van der Waals surface area contributed by atoms with E-state index in [1.54, 1.807) is 33.5 Å². The molecule has 1 aromatic rings. The van der Waals surface area contributed by atoms with Crippen LogP contribution in [-0.4, -0.2) is 33.7 Å². The lowest BCUT2D eigenvalue weighted by molar-refractivity contribution is 0.104. The molecule has 2 unspecified atom stereocenters. The van der Waals surface area contributed by atoms with Crippen molar-refractivity contribution >= 4 is 5.78 Å². The molecule has 0 aromatic heterocycles. The zero-order valence-electron chi connectivity index (χ0n) is 12.3. The standard InChI is InChI=1S/C16H17NO4/c1-19-11-4-9-10(18)5-12-16(6-8(16)7-17-12)13(9)15(21-3)14(11)20-2/h4-5,8,17H,6-7H2,1-3H3. The molecule has 1 aromatic carbocycles. The van der Waals surface area contributed by atoms with Crippen molar-refractivity contribution in [2.75, 3.05) is 27.9 Å². The van der Waals surface area contributed by atoms with E-state index in [0.29, 0.717) is 28.7 Å². The summed E-state index contributed by atoms with van der Waals surface area (Å²) in [6.45, 7) is 0.913. The highest BCUT2D eigenvalue weighted by Gasteiger charge is 2.65. The molecule has 2 aliphatic carbocycles. The molecule has 21 heavy (non-hydrogen) atoms. The van der Waals surface area contributed by atoms with Gasteiger partial charge in [0.05, 0.1) is 21.3 Å². The first-order valence-corrected chi connectivity index (χ1v) is 7.01. The summed E-state index contributed by atoms with van der Waals surface area (Å²) in [5.74, 6) is 2.22. The van der Waals surface area contributed by atoms with E-state index in [9.17, 15) is 4.79 Å². The van der Waals surface area contributed by atoms with Crippen molar-refractivity contribution in [3.05, 3.63) is 29.0 Å². The minimum Gasteiger partial charge on any atom is -0.493 e. The summed E-state index contributed by atoms with van der Waals surface area (Å²) in [6.07, 6.45) is 2.78. The summed E-state index contributed by atoms with van der Waals surface area (Å²) in [7, 11) is 4.76. The topological polar surface area (TPSA) is 56.8 Å². The molecule has 4 rings (SSSR count). The third-order valence-electron chi connectivity index (χ3n) is 4.94. The van der Waals surface area contributed by atoms with Gasteiger partial charge in [0.15, 0.2) is 17.3 Å². The van der Waals surface area contributed by atoms with Crippen molar-refractivity contribution in [1.82, 2.24) is 5.32 Å². The van der Waals surface area contributed by atoms with Crippen LogP contribution in [0.25, 0.3) is 0 Å². The van der Waals surface area contributed by atoms with E-state index in [0.717, 1.165) is 24.2 Å². The van der Waals surface area contributed by atoms with Gasteiger partial charge in [-0.3, -0.25) is 4.79 Å². The second kappa shape index (κ2) is 3.93. The van der Waals surface area contributed by atoms with Crippen molar-refractivity contribution in [3.63, 3.8) is 0 Å². The maximum atomic E-state index is 12.5. The molecule has 3 aliphatic rings. The van der Waals surface area contributed by atoms with E-state index in [2.05, 4.69) is 5.32 Å². The van der Waals surface area contributed by atoms with Gasteiger partial charge in [-0.15, -0.1) is 0 Å². The predicted octanol–water partition coefficient (Wildman–Crippen LogP) is 1.65. The average molecular weight is 287 g/mol. The van der Waals surface area contributed by atoms with Crippen molar-refractivity contribution in [1.29, 1.82) is 0 Å². The van der Waals surface area contributed by atoms with Crippen LogP contribution in [0, 0.1) is 5.92 Å². The van der Waals surface area contributed by atoms with Crippen LogP contribution in [0.5, 0.6) is 17.2 Å². The van der Waals surface area contributed by atoms with Crippen LogP contribution in [0.15, 0.2) is 17.8 Å². The smallest absolute Gasteiger partial charge is 0.203 e. The van der Waals surface area contributed by atoms with E-state index >= 15 is 0 Å². The van der Waals surface area contributed by atoms with Crippen LogP contribution in [-0.2, 0) is 5.41 Å². The zero-order chi connectivity index (χ0) is 14.8. The van der Waals surface area contributed by atoms with Gasteiger partial charge in [-0.2, -0.15) is 0 Å². The number of rotatable bonds is 3. The van der Waals surface area contributed by atoms with Gasteiger partial charge in [-0.25, -0.2) is 0 Å². The Morgan fingerprint density at radius 2 is 1.95 bits per heavy atom. The van der Waals surface area contributed by atoms with Crippen LogP contribution in [0.4, 0.5) is 0 Å². The minimum absolute atomic E-state index is 0.00933. The van der Waals surface area contributed by atoms with Gasteiger partial charge in [-0.05, 0) is 18.4 Å². The molecule has 1 aliphatic heterocycles. The average Bonchev–Trinajstić information content (AvgIpc) is 3.12. The van der Waals surface area contributed by atoms with Gasteiger partial charge in [0.1, 0.15) is 0 Å². The molecule has 5 heteroatoms.